The average Bonchev–Trinajstić information content (AvgIpc) is 2.62. The van der Waals surface area contributed by atoms with Gasteiger partial charge in [-0.2, -0.15) is 0 Å². The Balaban J connectivity index is 2.27. The monoisotopic (exact) mass is 211 g/mol. The molecule has 1 fully saturated rings. The molecule has 0 aromatic carbocycles. The van der Waals surface area contributed by atoms with Crippen LogP contribution in [0, 0.1) is 11.8 Å². The Kier molecular flexibility index (Phi) is 5.66. The van der Waals surface area contributed by atoms with Crippen LogP contribution in [0.2, 0.25) is 0 Å². The number of nitrogens with one attached hydrogen (secondary N) is 1. The summed E-state index contributed by atoms with van der Waals surface area (Å²) < 4.78 is 0. The molecule has 0 heterocycles. The Morgan fingerprint density at radius 1 is 1.20 bits per heavy atom. The van der Waals surface area contributed by atoms with Gasteiger partial charge in [0.1, 0.15) is 0 Å². The van der Waals surface area contributed by atoms with Gasteiger partial charge in [0.05, 0.1) is 0 Å². The van der Waals surface area contributed by atoms with Gasteiger partial charge in [0.2, 0.25) is 0 Å². The largest absolute Gasteiger partial charge is 0.311 e. The van der Waals surface area contributed by atoms with Gasteiger partial charge < -0.3 is 5.32 Å². The van der Waals surface area contributed by atoms with E-state index in [1.807, 2.05) is 0 Å². The van der Waals surface area contributed by atoms with Crippen LogP contribution in [-0.4, -0.2) is 12.1 Å². The Hall–Kier alpha value is -0.0400. The van der Waals surface area contributed by atoms with Gasteiger partial charge in [-0.3, -0.25) is 0 Å². The van der Waals surface area contributed by atoms with E-state index >= 15 is 0 Å². The molecule has 1 saturated carbocycles. The van der Waals surface area contributed by atoms with Crippen molar-refractivity contribution in [2.75, 3.05) is 0 Å². The van der Waals surface area contributed by atoms with Gasteiger partial charge in [0.25, 0.3) is 0 Å². The first kappa shape index (κ1) is 13.0. The Bertz CT molecular complexity index is 167. The van der Waals surface area contributed by atoms with Gasteiger partial charge in [-0.25, -0.2) is 0 Å². The van der Waals surface area contributed by atoms with Crippen LogP contribution >= 0.6 is 0 Å². The lowest BCUT2D eigenvalue weighted by Crippen LogP contribution is -2.37. The molecule has 0 aromatic heterocycles. The maximum Gasteiger partial charge on any atom is 0.00722 e. The second-order valence-electron chi connectivity index (χ2n) is 5.64. The van der Waals surface area contributed by atoms with E-state index in [9.17, 15) is 0 Å². The molecule has 1 rings (SSSR count). The fraction of sp³-hybridized carbons (Fsp3) is 1.00. The molecule has 1 heteroatoms. The van der Waals surface area contributed by atoms with Crippen LogP contribution in [0.1, 0.15) is 66.2 Å². The first-order valence-electron chi connectivity index (χ1n) is 6.91. The van der Waals surface area contributed by atoms with Crippen molar-refractivity contribution < 1.29 is 0 Å². The summed E-state index contributed by atoms with van der Waals surface area (Å²) in [6.07, 6.45) is 8.19. The minimum absolute atomic E-state index is 0.759. The van der Waals surface area contributed by atoms with E-state index in [0.29, 0.717) is 0 Å². The van der Waals surface area contributed by atoms with Crippen LogP contribution < -0.4 is 5.32 Å². The smallest absolute Gasteiger partial charge is 0.00722 e. The van der Waals surface area contributed by atoms with E-state index in [-0.39, 0.29) is 0 Å². The molecule has 4 atom stereocenters. The minimum Gasteiger partial charge on any atom is -0.311 e. The van der Waals surface area contributed by atoms with Gasteiger partial charge in [-0.15, -0.1) is 0 Å². The van der Waals surface area contributed by atoms with Crippen molar-refractivity contribution in [1.82, 2.24) is 5.32 Å². The lowest BCUT2D eigenvalue weighted by Gasteiger charge is -2.24. The van der Waals surface area contributed by atoms with Crippen molar-refractivity contribution in [1.29, 1.82) is 0 Å². The van der Waals surface area contributed by atoms with Crippen LogP contribution in [0.15, 0.2) is 0 Å². The molecule has 0 saturated heterocycles. The van der Waals surface area contributed by atoms with Gasteiger partial charge in [0, 0.05) is 12.1 Å². The zero-order valence-corrected chi connectivity index (χ0v) is 11.1. The SMILES string of the molecule is CCC(C)CC(CC)NC1CCC(C)C1. The van der Waals surface area contributed by atoms with E-state index < -0.39 is 0 Å². The quantitative estimate of drug-likeness (QED) is 0.701. The zero-order valence-electron chi connectivity index (χ0n) is 11.1. The fourth-order valence-electron chi connectivity index (χ4n) is 2.70. The van der Waals surface area contributed by atoms with Crippen LogP contribution in [0.3, 0.4) is 0 Å². The summed E-state index contributed by atoms with van der Waals surface area (Å²) in [7, 11) is 0. The fourth-order valence-corrected chi connectivity index (χ4v) is 2.70. The van der Waals surface area contributed by atoms with Crippen LogP contribution in [0.25, 0.3) is 0 Å². The standard InChI is InChI=1S/C14H29N/c1-5-11(3)9-13(6-2)15-14-8-7-12(4)10-14/h11-15H,5-10H2,1-4H3. The third kappa shape index (κ3) is 4.55. The molecule has 1 aliphatic rings. The van der Waals surface area contributed by atoms with Crippen molar-refractivity contribution in [3.05, 3.63) is 0 Å². The number of hydrogen-bond acceptors (Lipinski definition) is 1. The summed E-state index contributed by atoms with van der Waals surface area (Å²) in [5.41, 5.74) is 0. The molecule has 1 nitrogen and oxygen atoms in total. The van der Waals surface area contributed by atoms with Crippen LogP contribution in [0.5, 0.6) is 0 Å². The molecule has 0 amide bonds. The van der Waals surface area contributed by atoms with E-state index in [1.54, 1.807) is 0 Å². The topological polar surface area (TPSA) is 12.0 Å². The summed E-state index contributed by atoms with van der Waals surface area (Å²) in [5.74, 6) is 1.82. The van der Waals surface area contributed by atoms with Crippen molar-refractivity contribution >= 4 is 0 Å². The second-order valence-corrected chi connectivity index (χ2v) is 5.64. The van der Waals surface area contributed by atoms with Crippen molar-refractivity contribution in [2.45, 2.75) is 78.3 Å². The highest BCUT2D eigenvalue weighted by atomic mass is 15.0. The first-order valence-corrected chi connectivity index (χ1v) is 6.91. The molecular formula is C14H29N. The average molecular weight is 211 g/mol. The highest BCUT2D eigenvalue weighted by Gasteiger charge is 2.23. The maximum atomic E-state index is 3.86. The molecule has 0 aliphatic heterocycles. The number of hydrogen-bond donors (Lipinski definition) is 1. The maximum absolute atomic E-state index is 3.86. The first-order chi connectivity index (χ1) is 7.15. The van der Waals surface area contributed by atoms with Gasteiger partial charge in [-0.05, 0) is 43.9 Å². The molecule has 1 aliphatic carbocycles. The van der Waals surface area contributed by atoms with Crippen LogP contribution in [-0.2, 0) is 0 Å². The molecule has 1 N–H and O–H groups in total. The summed E-state index contributed by atoms with van der Waals surface area (Å²) >= 11 is 0. The lowest BCUT2D eigenvalue weighted by molar-refractivity contribution is 0.345. The molecule has 0 aromatic rings. The van der Waals surface area contributed by atoms with Gasteiger partial charge in [0.15, 0.2) is 0 Å². The van der Waals surface area contributed by atoms with E-state index in [4.69, 9.17) is 0 Å². The predicted octanol–water partition coefficient (Wildman–Crippen LogP) is 3.98. The Labute approximate surface area is 96.0 Å². The minimum atomic E-state index is 0.759. The normalized spacial score (nSPS) is 30.4. The van der Waals surface area contributed by atoms with Gasteiger partial charge >= 0.3 is 0 Å². The molecule has 0 radical (unpaired) electrons. The Morgan fingerprint density at radius 3 is 2.40 bits per heavy atom. The molecule has 4 unspecified atom stereocenters. The third-order valence-corrected chi connectivity index (χ3v) is 4.04. The van der Waals surface area contributed by atoms with E-state index in [1.165, 1.54) is 38.5 Å². The highest BCUT2D eigenvalue weighted by Crippen LogP contribution is 2.26. The van der Waals surface area contributed by atoms with Crippen molar-refractivity contribution in [2.24, 2.45) is 11.8 Å². The molecule has 0 spiro atoms. The third-order valence-electron chi connectivity index (χ3n) is 4.04. The molecule has 15 heavy (non-hydrogen) atoms. The Morgan fingerprint density at radius 2 is 1.93 bits per heavy atom. The number of rotatable bonds is 6. The predicted molar refractivity (Wildman–Crippen MR) is 68.1 cm³/mol. The van der Waals surface area contributed by atoms with E-state index in [2.05, 4.69) is 33.0 Å². The van der Waals surface area contributed by atoms with E-state index in [0.717, 1.165) is 23.9 Å². The molecule has 0 bridgehead atoms. The molecular weight excluding hydrogens is 182 g/mol. The summed E-state index contributed by atoms with van der Waals surface area (Å²) in [6.45, 7) is 9.38. The molecule has 90 valence electrons. The summed E-state index contributed by atoms with van der Waals surface area (Å²) in [4.78, 5) is 0. The van der Waals surface area contributed by atoms with Crippen LogP contribution in [0.4, 0.5) is 0 Å². The lowest BCUT2D eigenvalue weighted by atomic mass is 9.97. The highest BCUT2D eigenvalue weighted by molar-refractivity contribution is 4.82. The van der Waals surface area contributed by atoms with Gasteiger partial charge in [-0.1, -0.05) is 34.1 Å². The summed E-state index contributed by atoms with van der Waals surface area (Å²) in [5, 5.41) is 3.86. The second kappa shape index (κ2) is 6.52. The summed E-state index contributed by atoms with van der Waals surface area (Å²) in [6, 6.07) is 1.57. The zero-order chi connectivity index (χ0) is 11.3. The van der Waals surface area contributed by atoms with Crippen molar-refractivity contribution in [3.8, 4) is 0 Å². The van der Waals surface area contributed by atoms with Crippen molar-refractivity contribution in [3.63, 3.8) is 0 Å².